The fraction of sp³-hybridized carbons (Fsp3) is 0.577. The molecule has 190 valence electrons. The molecule has 4 unspecified atom stereocenters. The summed E-state index contributed by atoms with van der Waals surface area (Å²) in [5.41, 5.74) is 1.41. The standard InChI is InChI=1S/C26H31N5O4S/c1-2-9-26(35-18-5-3-17(4-6-18)24-27-11-14-34-24)10-12-30(26)25-28-19-8-15-36(32)22(19)23(29-25)31-20-7-13-33-16-21(20)31/h3-6,20-21H,2,7-16H2,1H3. The normalized spacial score (nSPS) is 30.3. The predicted molar refractivity (Wildman–Crippen MR) is 137 cm³/mol. The monoisotopic (exact) mass is 509 g/mol. The average Bonchev–Trinajstić information content (AvgIpc) is 3.16. The van der Waals surface area contributed by atoms with Crippen molar-refractivity contribution in [3.05, 3.63) is 35.5 Å². The summed E-state index contributed by atoms with van der Waals surface area (Å²) >= 11 is -1.04. The van der Waals surface area contributed by atoms with Crippen LogP contribution in [0.15, 0.2) is 34.2 Å². The van der Waals surface area contributed by atoms with E-state index in [1.54, 1.807) is 0 Å². The van der Waals surface area contributed by atoms with Gasteiger partial charge in [0.15, 0.2) is 11.5 Å². The summed E-state index contributed by atoms with van der Waals surface area (Å²) in [5, 5.41) is 0. The van der Waals surface area contributed by atoms with Crippen LogP contribution >= 0.6 is 0 Å². The molecule has 0 amide bonds. The Bertz CT molecular complexity index is 1180. The van der Waals surface area contributed by atoms with Crippen molar-refractivity contribution in [3.63, 3.8) is 0 Å². The maximum Gasteiger partial charge on any atom is 0.231 e. The van der Waals surface area contributed by atoms with Crippen molar-refractivity contribution < 1.29 is 18.8 Å². The van der Waals surface area contributed by atoms with Crippen molar-refractivity contribution in [3.8, 4) is 5.75 Å². The Morgan fingerprint density at radius 3 is 2.78 bits per heavy atom. The van der Waals surface area contributed by atoms with Gasteiger partial charge in [-0.1, -0.05) is 13.3 Å². The van der Waals surface area contributed by atoms with Gasteiger partial charge < -0.3 is 28.6 Å². The molecule has 0 saturated carbocycles. The van der Waals surface area contributed by atoms with Gasteiger partial charge in [-0.25, -0.2) is 9.98 Å². The van der Waals surface area contributed by atoms with E-state index in [9.17, 15) is 4.55 Å². The molecule has 36 heavy (non-hydrogen) atoms. The molecule has 7 rings (SSSR count). The van der Waals surface area contributed by atoms with Gasteiger partial charge in [-0.3, -0.25) is 0 Å². The molecule has 6 heterocycles. The van der Waals surface area contributed by atoms with Crippen LogP contribution in [0, 0.1) is 0 Å². The van der Waals surface area contributed by atoms with Gasteiger partial charge >= 0.3 is 0 Å². The van der Waals surface area contributed by atoms with E-state index in [4.69, 9.17) is 24.2 Å². The fourth-order valence-electron chi connectivity index (χ4n) is 6.00. The number of hydrogen-bond donors (Lipinski definition) is 0. The van der Waals surface area contributed by atoms with Gasteiger partial charge in [0.1, 0.15) is 23.8 Å². The van der Waals surface area contributed by atoms with Crippen molar-refractivity contribution in [1.29, 1.82) is 0 Å². The molecule has 5 aliphatic heterocycles. The SMILES string of the molecule is CCCC1(Oc2ccc(C3=NCCO3)cc2)CCN1c1nc2c(c(N3C4CCOCC43)n1)[S+]([O-])CC2. The highest BCUT2D eigenvalue weighted by Crippen LogP contribution is 2.47. The first-order chi connectivity index (χ1) is 17.7. The second-order valence-electron chi connectivity index (χ2n) is 10.1. The zero-order valence-electron chi connectivity index (χ0n) is 20.5. The Labute approximate surface area is 214 Å². The van der Waals surface area contributed by atoms with E-state index in [-0.39, 0.29) is 0 Å². The number of rotatable bonds is 7. The van der Waals surface area contributed by atoms with Crippen LogP contribution in [0.4, 0.5) is 11.8 Å². The highest BCUT2D eigenvalue weighted by atomic mass is 32.2. The lowest BCUT2D eigenvalue weighted by Gasteiger charge is -2.52. The lowest BCUT2D eigenvalue weighted by molar-refractivity contribution is 0.0000604. The number of nitrogens with zero attached hydrogens (tertiary/aromatic N) is 5. The van der Waals surface area contributed by atoms with E-state index >= 15 is 0 Å². The predicted octanol–water partition coefficient (Wildman–Crippen LogP) is 2.68. The van der Waals surface area contributed by atoms with Crippen LogP contribution in [-0.2, 0) is 27.1 Å². The Morgan fingerprint density at radius 1 is 1.19 bits per heavy atom. The number of anilines is 2. The number of ether oxygens (including phenoxy) is 3. The summed E-state index contributed by atoms with van der Waals surface area (Å²) in [4.78, 5) is 19.8. The Kier molecular flexibility index (Phi) is 5.52. The molecular weight excluding hydrogens is 478 g/mol. The van der Waals surface area contributed by atoms with E-state index in [0.29, 0.717) is 49.4 Å². The van der Waals surface area contributed by atoms with Gasteiger partial charge in [0.25, 0.3) is 0 Å². The van der Waals surface area contributed by atoms with E-state index in [1.807, 2.05) is 24.3 Å². The molecule has 0 spiro atoms. The minimum absolute atomic E-state index is 0.336. The molecular formula is C26H31N5O4S. The molecule has 10 heteroatoms. The summed E-state index contributed by atoms with van der Waals surface area (Å²) in [7, 11) is 0. The van der Waals surface area contributed by atoms with Crippen LogP contribution in [0.5, 0.6) is 5.75 Å². The third kappa shape index (κ3) is 3.64. The lowest BCUT2D eigenvalue weighted by atomic mass is 9.93. The molecule has 0 radical (unpaired) electrons. The van der Waals surface area contributed by atoms with E-state index in [2.05, 4.69) is 21.7 Å². The number of aryl methyl sites for hydroxylation is 1. The largest absolute Gasteiger partial charge is 0.611 e. The molecule has 5 aliphatic rings. The molecule has 1 aromatic carbocycles. The van der Waals surface area contributed by atoms with Gasteiger partial charge in [0.2, 0.25) is 16.7 Å². The number of aliphatic imine (C=N–C) groups is 1. The van der Waals surface area contributed by atoms with Crippen LogP contribution in [0.3, 0.4) is 0 Å². The van der Waals surface area contributed by atoms with Crippen molar-refractivity contribution in [2.24, 2.45) is 4.99 Å². The van der Waals surface area contributed by atoms with Crippen molar-refractivity contribution in [2.75, 3.05) is 48.5 Å². The van der Waals surface area contributed by atoms with E-state index in [1.165, 1.54) is 0 Å². The van der Waals surface area contributed by atoms with Crippen molar-refractivity contribution in [1.82, 2.24) is 9.97 Å². The minimum Gasteiger partial charge on any atom is -0.611 e. The molecule has 0 bridgehead atoms. The van der Waals surface area contributed by atoms with Crippen LogP contribution in [-0.4, -0.2) is 76.9 Å². The number of benzene rings is 1. The van der Waals surface area contributed by atoms with E-state index in [0.717, 1.165) is 73.0 Å². The smallest absolute Gasteiger partial charge is 0.231 e. The van der Waals surface area contributed by atoms with Gasteiger partial charge in [-0.2, -0.15) is 4.98 Å². The summed E-state index contributed by atoms with van der Waals surface area (Å²) in [6, 6.07) is 8.77. The average molecular weight is 510 g/mol. The number of fused-ring (bicyclic) bond motifs is 2. The van der Waals surface area contributed by atoms with Crippen LogP contribution < -0.4 is 14.5 Å². The molecule has 0 N–H and O–H groups in total. The Morgan fingerprint density at radius 2 is 2.08 bits per heavy atom. The first-order valence-corrected chi connectivity index (χ1v) is 14.4. The first-order valence-electron chi connectivity index (χ1n) is 13.1. The zero-order valence-corrected chi connectivity index (χ0v) is 21.3. The second-order valence-corrected chi connectivity index (χ2v) is 11.6. The molecule has 9 nitrogen and oxygen atoms in total. The Balaban J connectivity index is 1.19. The topological polar surface area (TPSA) is 95.1 Å². The van der Waals surface area contributed by atoms with Crippen LogP contribution in [0.2, 0.25) is 0 Å². The quantitative estimate of drug-likeness (QED) is 0.415. The zero-order chi connectivity index (χ0) is 24.3. The maximum atomic E-state index is 12.9. The highest BCUT2D eigenvalue weighted by Gasteiger charge is 2.54. The third-order valence-electron chi connectivity index (χ3n) is 7.91. The molecule has 3 fully saturated rings. The third-order valence-corrected chi connectivity index (χ3v) is 9.36. The maximum absolute atomic E-state index is 12.9. The Hall–Kier alpha value is -2.56. The summed E-state index contributed by atoms with van der Waals surface area (Å²) in [6.07, 6.45) is 4.48. The number of hydrogen-bond acceptors (Lipinski definition) is 9. The van der Waals surface area contributed by atoms with Gasteiger partial charge in [-0.05, 0) is 41.9 Å². The molecule has 0 aliphatic carbocycles. The molecule has 1 aromatic heterocycles. The first kappa shape index (κ1) is 22.6. The lowest BCUT2D eigenvalue weighted by Crippen LogP contribution is -2.64. The van der Waals surface area contributed by atoms with Crippen LogP contribution in [0.1, 0.15) is 43.9 Å². The molecule has 3 saturated heterocycles. The van der Waals surface area contributed by atoms with Gasteiger partial charge in [0, 0.05) is 38.0 Å². The number of aromatic nitrogens is 2. The fourth-order valence-corrected chi connectivity index (χ4v) is 7.35. The van der Waals surface area contributed by atoms with Crippen LogP contribution in [0.25, 0.3) is 0 Å². The highest BCUT2D eigenvalue weighted by molar-refractivity contribution is 7.91. The molecule has 2 aromatic rings. The van der Waals surface area contributed by atoms with Crippen molar-refractivity contribution in [2.45, 2.75) is 61.7 Å². The van der Waals surface area contributed by atoms with Gasteiger partial charge in [-0.15, -0.1) is 0 Å². The molecule has 4 atom stereocenters. The second kappa shape index (κ2) is 8.78. The summed E-state index contributed by atoms with van der Waals surface area (Å²) in [5.74, 6) is 3.68. The van der Waals surface area contributed by atoms with Crippen molar-refractivity contribution >= 4 is 28.8 Å². The van der Waals surface area contributed by atoms with E-state index < -0.39 is 16.9 Å². The minimum atomic E-state index is -1.04. The summed E-state index contributed by atoms with van der Waals surface area (Å²) < 4.78 is 30.9. The van der Waals surface area contributed by atoms with Gasteiger partial charge in [0.05, 0.1) is 25.2 Å². The summed E-state index contributed by atoms with van der Waals surface area (Å²) in [6.45, 7) is 5.86.